The molecule has 0 N–H and O–H groups in total. The summed E-state index contributed by atoms with van der Waals surface area (Å²) in [5.41, 5.74) is 2.67. The highest BCUT2D eigenvalue weighted by atomic mass is 19.4. The van der Waals surface area contributed by atoms with E-state index in [1.807, 2.05) is 48.5 Å². The molecule has 0 bridgehead atoms. The molecular weight excluding hydrogens is 503 g/mol. The summed E-state index contributed by atoms with van der Waals surface area (Å²) in [6, 6.07) is 20.2. The van der Waals surface area contributed by atoms with E-state index in [1.54, 1.807) is 0 Å². The quantitative estimate of drug-likeness (QED) is 0.142. The van der Waals surface area contributed by atoms with Gasteiger partial charge in [-0.3, -0.25) is 0 Å². The summed E-state index contributed by atoms with van der Waals surface area (Å²) in [6.45, 7) is 2.93. The largest absolute Gasteiger partial charge is 0.494 e. The van der Waals surface area contributed by atoms with Crippen LogP contribution in [0.15, 0.2) is 72.8 Å². The lowest BCUT2D eigenvalue weighted by molar-refractivity contribution is -0.137. The van der Waals surface area contributed by atoms with Gasteiger partial charge in [-0.1, -0.05) is 75.4 Å². The van der Waals surface area contributed by atoms with Crippen molar-refractivity contribution in [1.29, 1.82) is 0 Å². The van der Waals surface area contributed by atoms with Crippen molar-refractivity contribution < 1.29 is 27.4 Å². The normalized spacial score (nSPS) is 11.5. The van der Waals surface area contributed by atoms with Crippen LogP contribution in [0.2, 0.25) is 0 Å². The second-order valence-electron chi connectivity index (χ2n) is 9.49. The topological polar surface area (TPSA) is 48.4 Å². The molecule has 0 atom stereocenters. The van der Waals surface area contributed by atoms with E-state index in [-0.39, 0.29) is 16.5 Å². The van der Waals surface area contributed by atoms with Gasteiger partial charge in [-0.05, 0) is 53.9 Å². The third-order valence-corrected chi connectivity index (χ3v) is 6.68. The molecule has 4 aromatic rings. The molecule has 39 heavy (non-hydrogen) atoms. The fourth-order valence-electron chi connectivity index (χ4n) is 4.48. The Morgan fingerprint density at radius 1 is 0.795 bits per heavy atom. The van der Waals surface area contributed by atoms with Crippen LogP contribution < -0.4 is 4.74 Å². The van der Waals surface area contributed by atoms with Crippen LogP contribution >= 0.6 is 0 Å². The van der Waals surface area contributed by atoms with Crippen LogP contribution in [0, 0.1) is 0 Å². The van der Waals surface area contributed by atoms with E-state index >= 15 is 0 Å². The number of halogens is 3. The molecule has 0 unspecified atom stereocenters. The molecule has 1 aromatic heterocycles. The van der Waals surface area contributed by atoms with Crippen molar-refractivity contribution in [2.45, 2.75) is 51.6 Å². The van der Waals surface area contributed by atoms with Gasteiger partial charge in [0.15, 0.2) is 0 Å². The average Bonchev–Trinajstić information content (AvgIpc) is 2.95. The number of pyridine rings is 1. The van der Waals surface area contributed by atoms with E-state index in [0.29, 0.717) is 12.3 Å². The molecule has 4 nitrogen and oxygen atoms in total. The van der Waals surface area contributed by atoms with Crippen LogP contribution in [0.3, 0.4) is 0 Å². The lowest BCUT2D eigenvalue weighted by atomic mass is 10.00. The molecule has 0 spiro atoms. The number of hydrogen-bond acceptors (Lipinski definition) is 4. The zero-order chi connectivity index (χ0) is 27.8. The summed E-state index contributed by atoms with van der Waals surface area (Å²) < 4.78 is 50.5. The van der Waals surface area contributed by atoms with Crippen molar-refractivity contribution in [3.63, 3.8) is 0 Å². The van der Waals surface area contributed by atoms with Gasteiger partial charge in [0.1, 0.15) is 5.75 Å². The maximum absolute atomic E-state index is 13.2. The number of unbranched alkanes of at least 4 members (excludes halogenated alkanes) is 5. The van der Waals surface area contributed by atoms with Crippen molar-refractivity contribution >= 4 is 16.9 Å². The molecule has 0 aliphatic heterocycles. The molecule has 3 aromatic carbocycles. The number of fused-ring (bicyclic) bond motifs is 1. The minimum Gasteiger partial charge on any atom is -0.494 e. The predicted octanol–water partition coefficient (Wildman–Crippen LogP) is 9.11. The molecule has 204 valence electrons. The minimum atomic E-state index is -4.53. The van der Waals surface area contributed by atoms with Crippen molar-refractivity contribution in [3.05, 3.63) is 83.9 Å². The Morgan fingerprint density at radius 3 is 2.05 bits per heavy atom. The molecule has 0 amide bonds. The van der Waals surface area contributed by atoms with Gasteiger partial charge < -0.3 is 9.47 Å². The summed E-state index contributed by atoms with van der Waals surface area (Å²) in [7, 11) is 1.20. The zero-order valence-electron chi connectivity index (χ0n) is 22.2. The molecule has 0 saturated carbocycles. The van der Waals surface area contributed by atoms with E-state index in [9.17, 15) is 18.0 Å². The van der Waals surface area contributed by atoms with Crippen LogP contribution in [0.1, 0.15) is 61.4 Å². The highest BCUT2D eigenvalue weighted by Gasteiger charge is 2.31. The van der Waals surface area contributed by atoms with Crippen LogP contribution in [-0.2, 0) is 10.9 Å². The number of alkyl halides is 3. The van der Waals surface area contributed by atoms with Gasteiger partial charge in [0.25, 0.3) is 0 Å². The van der Waals surface area contributed by atoms with Crippen LogP contribution in [0.4, 0.5) is 13.2 Å². The lowest BCUT2D eigenvalue weighted by Gasteiger charge is -2.12. The van der Waals surface area contributed by atoms with Gasteiger partial charge in [0.05, 0.1) is 36.1 Å². The van der Waals surface area contributed by atoms with E-state index in [2.05, 4.69) is 11.9 Å². The number of carbonyl (C=O) groups excluding carboxylic acids is 1. The second-order valence-corrected chi connectivity index (χ2v) is 9.49. The highest BCUT2D eigenvalue weighted by Crippen LogP contribution is 2.34. The lowest BCUT2D eigenvalue weighted by Crippen LogP contribution is -2.07. The Hall–Kier alpha value is -3.87. The number of hydrogen-bond donors (Lipinski definition) is 0. The molecule has 0 aliphatic carbocycles. The molecule has 4 rings (SSSR count). The van der Waals surface area contributed by atoms with Crippen LogP contribution in [-0.4, -0.2) is 24.7 Å². The smallest absolute Gasteiger partial charge is 0.416 e. The Bertz CT molecular complexity index is 1400. The zero-order valence-corrected chi connectivity index (χ0v) is 22.2. The molecule has 0 aliphatic rings. The summed E-state index contributed by atoms with van der Waals surface area (Å²) in [6.07, 6.45) is 2.79. The number of carbonyl (C=O) groups is 1. The van der Waals surface area contributed by atoms with Crippen molar-refractivity contribution in [1.82, 2.24) is 4.98 Å². The number of aromatic nitrogens is 1. The van der Waals surface area contributed by atoms with Gasteiger partial charge in [0, 0.05) is 10.9 Å². The maximum atomic E-state index is 13.2. The monoisotopic (exact) mass is 535 g/mol. The first kappa shape index (κ1) is 28.1. The molecule has 0 radical (unpaired) electrons. The fraction of sp³-hybridized carbons (Fsp3) is 0.312. The Morgan fingerprint density at radius 2 is 1.41 bits per heavy atom. The number of ether oxygens (including phenoxy) is 2. The number of rotatable bonds is 11. The molecular formula is C32H32F3NO3. The van der Waals surface area contributed by atoms with E-state index in [1.165, 1.54) is 51.3 Å². The van der Waals surface area contributed by atoms with Crippen molar-refractivity contribution in [2.24, 2.45) is 0 Å². The Balaban J connectivity index is 1.49. The summed E-state index contributed by atoms with van der Waals surface area (Å²) in [4.78, 5) is 17.0. The average molecular weight is 536 g/mol. The first-order valence-corrected chi connectivity index (χ1v) is 13.2. The highest BCUT2D eigenvalue weighted by molar-refractivity contribution is 6.04. The van der Waals surface area contributed by atoms with Gasteiger partial charge in [-0.2, -0.15) is 13.2 Å². The molecule has 1 heterocycles. The van der Waals surface area contributed by atoms with Gasteiger partial charge in [0.2, 0.25) is 0 Å². The van der Waals surface area contributed by atoms with Crippen LogP contribution in [0.25, 0.3) is 33.3 Å². The van der Waals surface area contributed by atoms with E-state index < -0.39 is 17.7 Å². The summed E-state index contributed by atoms with van der Waals surface area (Å²) >= 11 is 0. The first-order valence-electron chi connectivity index (χ1n) is 13.2. The van der Waals surface area contributed by atoms with Gasteiger partial charge in [-0.25, -0.2) is 9.78 Å². The number of nitrogens with zero attached hydrogens (tertiary/aromatic N) is 1. The fourth-order valence-corrected chi connectivity index (χ4v) is 4.48. The van der Waals surface area contributed by atoms with Crippen LogP contribution in [0.5, 0.6) is 5.75 Å². The SMILES string of the molecule is CCCCCCCCOc1ccc(-c2ccc(-c3cc(C(=O)OC)c4cc(C(F)(F)F)ccc4n3)cc2)cc1. The minimum absolute atomic E-state index is 0.0317. The van der Waals surface area contributed by atoms with E-state index in [0.717, 1.165) is 41.0 Å². The second kappa shape index (κ2) is 12.8. The summed E-state index contributed by atoms with van der Waals surface area (Å²) in [5.74, 6) is 0.117. The molecule has 7 heteroatoms. The predicted molar refractivity (Wildman–Crippen MR) is 148 cm³/mol. The summed E-state index contributed by atoms with van der Waals surface area (Å²) in [5, 5.41) is 0.0934. The molecule has 0 fully saturated rings. The third kappa shape index (κ3) is 7.16. The third-order valence-electron chi connectivity index (χ3n) is 6.68. The Kier molecular flexibility index (Phi) is 9.23. The van der Waals surface area contributed by atoms with E-state index in [4.69, 9.17) is 9.47 Å². The van der Waals surface area contributed by atoms with Gasteiger partial charge in [-0.15, -0.1) is 0 Å². The van der Waals surface area contributed by atoms with Crippen molar-refractivity contribution in [2.75, 3.05) is 13.7 Å². The van der Waals surface area contributed by atoms with Gasteiger partial charge >= 0.3 is 12.1 Å². The first-order chi connectivity index (χ1) is 18.8. The number of esters is 1. The Labute approximate surface area is 226 Å². The molecule has 0 saturated heterocycles. The standard InChI is InChI=1S/C32H32F3NO3/c1-3-4-5-6-7-8-19-39-26-16-13-23(14-17-26)22-9-11-24(12-10-22)30-21-28(31(37)38-2)27-20-25(32(33,34)35)15-18-29(27)36-30/h9-18,20-21H,3-8,19H2,1-2H3. The number of benzene rings is 3. The number of methoxy groups -OCH3 is 1. The van der Waals surface area contributed by atoms with Crippen molar-refractivity contribution in [3.8, 4) is 28.1 Å². The maximum Gasteiger partial charge on any atom is 0.416 e.